The number of aliphatic hydroxyl groups excluding tert-OH is 1. The van der Waals surface area contributed by atoms with Gasteiger partial charge in [-0.1, -0.05) is 13.3 Å². The van der Waals surface area contributed by atoms with E-state index in [0.29, 0.717) is 6.42 Å². The van der Waals surface area contributed by atoms with Gasteiger partial charge in [0.2, 0.25) is 0 Å². The van der Waals surface area contributed by atoms with Crippen molar-refractivity contribution in [1.29, 1.82) is 0 Å². The summed E-state index contributed by atoms with van der Waals surface area (Å²) in [6, 6.07) is 0. The largest absolute Gasteiger partial charge is 1.00 e. The summed E-state index contributed by atoms with van der Waals surface area (Å²) in [6.45, 7) is 1.82. The van der Waals surface area contributed by atoms with Gasteiger partial charge < -0.3 is 6.53 Å². The summed E-state index contributed by atoms with van der Waals surface area (Å²) in [5, 5.41) is 7.89. The molecule has 0 spiro atoms. The fourth-order valence-corrected chi connectivity index (χ4v) is 0.238. The van der Waals surface area contributed by atoms with Gasteiger partial charge in [-0.05, 0) is 0 Å². The quantitative estimate of drug-likeness (QED) is 0.422. The summed E-state index contributed by atoms with van der Waals surface area (Å²) >= 11 is 0. The molecular weight excluding hydrogens is 106 g/mol. The molecule has 1 atom stereocenters. The first-order valence-corrected chi connectivity index (χ1v) is 2.09. The smallest absolute Gasteiger partial charge is 1.00 e. The summed E-state index contributed by atoms with van der Waals surface area (Å²) in [7, 11) is 0. The zero-order chi connectivity index (χ0) is 4.99. The number of alkyl halides is 1. The van der Waals surface area contributed by atoms with Crippen LogP contribution >= 0.6 is 0 Å². The fourth-order valence-electron chi connectivity index (χ4n) is 0.238. The van der Waals surface area contributed by atoms with E-state index in [4.69, 9.17) is 5.11 Å². The SMILES string of the molecule is CCCC(O)F.[H-].[Na+]. The molecule has 0 amide bonds. The van der Waals surface area contributed by atoms with E-state index in [0.717, 1.165) is 0 Å². The van der Waals surface area contributed by atoms with Crippen LogP contribution in [-0.4, -0.2) is 11.5 Å². The average Bonchev–Trinajstić information content (AvgIpc) is 1.35. The van der Waals surface area contributed by atoms with Gasteiger partial charge in [0.1, 0.15) is 0 Å². The van der Waals surface area contributed by atoms with E-state index in [1.807, 2.05) is 6.92 Å². The van der Waals surface area contributed by atoms with Crippen molar-refractivity contribution in [1.82, 2.24) is 0 Å². The van der Waals surface area contributed by atoms with Crippen molar-refractivity contribution in [3.8, 4) is 0 Å². The van der Waals surface area contributed by atoms with Gasteiger partial charge >= 0.3 is 29.6 Å². The second kappa shape index (κ2) is 6.89. The molecule has 40 valence electrons. The molecule has 0 aliphatic rings. The first-order chi connectivity index (χ1) is 2.77. The van der Waals surface area contributed by atoms with Crippen LogP contribution in [0.3, 0.4) is 0 Å². The van der Waals surface area contributed by atoms with Gasteiger partial charge in [0.05, 0.1) is 0 Å². The molecule has 0 bridgehead atoms. The topological polar surface area (TPSA) is 20.2 Å². The zero-order valence-corrected chi connectivity index (χ0v) is 6.82. The Kier molecular flexibility index (Phi) is 10.6. The predicted molar refractivity (Wildman–Crippen MR) is 23.1 cm³/mol. The van der Waals surface area contributed by atoms with E-state index in [9.17, 15) is 4.39 Å². The Hall–Kier alpha value is 0.890. The van der Waals surface area contributed by atoms with E-state index in [1.165, 1.54) is 0 Å². The normalized spacial score (nSPS) is 12.4. The Morgan fingerprint density at radius 1 is 1.86 bits per heavy atom. The van der Waals surface area contributed by atoms with Gasteiger partial charge in [-0.3, -0.25) is 0 Å². The van der Waals surface area contributed by atoms with Crippen molar-refractivity contribution in [2.45, 2.75) is 26.1 Å². The summed E-state index contributed by atoms with van der Waals surface area (Å²) in [5.41, 5.74) is 0. The monoisotopic (exact) mass is 116 g/mol. The molecule has 0 rings (SSSR count). The van der Waals surface area contributed by atoms with Gasteiger partial charge in [0.15, 0.2) is 6.36 Å². The van der Waals surface area contributed by atoms with Crippen LogP contribution in [0.2, 0.25) is 0 Å². The third kappa shape index (κ3) is 10.9. The van der Waals surface area contributed by atoms with Crippen LogP contribution in [0.4, 0.5) is 4.39 Å². The molecule has 0 saturated carbocycles. The number of hydrogen-bond donors (Lipinski definition) is 1. The minimum Gasteiger partial charge on any atom is -1.00 e. The van der Waals surface area contributed by atoms with Crippen molar-refractivity contribution < 1.29 is 40.5 Å². The third-order valence-electron chi connectivity index (χ3n) is 0.527. The van der Waals surface area contributed by atoms with Gasteiger partial charge in [-0.25, -0.2) is 4.39 Å². The molecular formula is C4H10FNaO. The maximum Gasteiger partial charge on any atom is 1.00 e. The molecule has 1 unspecified atom stereocenters. The third-order valence-corrected chi connectivity index (χ3v) is 0.527. The second-order valence-electron chi connectivity index (χ2n) is 1.22. The van der Waals surface area contributed by atoms with E-state index in [1.54, 1.807) is 0 Å². The van der Waals surface area contributed by atoms with Crippen LogP contribution in [-0.2, 0) is 0 Å². The number of hydrogen-bond acceptors (Lipinski definition) is 1. The summed E-state index contributed by atoms with van der Waals surface area (Å²) in [4.78, 5) is 0. The maximum absolute atomic E-state index is 11.3. The van der Waals surface area contributed by atoms with Gasteiger partial charge in [0.25, 0.3) is 0 Å². The van der Waals surface area contributed by atoms with E-state index in [2.05, 4.69) is 0 Å². The fraction of sp³-hybridized carbons (Fsp3) is 1.00. The molecule has 3 heteroatoms. The predicted octanol–water partition coefficient (Wildman–Crippen LogP) is -1.81. The van der Waals surface area contributed by atoms with Crippen LogP contribution in [0.1, 0.15) is 21.2 Å². The van der Waals surface area contributed by atoms with Crippen LogP contribution in [0.15, 0.2) is 0 Å². The minimum atomic E-state index is -1.60. The van der Waals surface area contributed by atoms with Crippen molar-refractivity contribution in [3.63, 3.8) is 0 Å². The van der Waals surface area contributed by atoms with Gasteiger partial charge in [-0.15, -0.1) is 0 Å². The second-order valence-corrected chi connectivity index (χ2v) is 1.22. The molecule has 1 nitrogen and oxygen atoms in total. The molecule has 1 N–H and O–H groups in total. The summed E-state index contributed by atoms with van der Waals surface area (Å²) in [5.74, 6) is 0. The van der Waals surface area contributed by atoms with Crippen molar-refractivity contribution in [2.75, 3.05) is 0 Å². The molecule has 0 heterocycles. The Bertz CT molecular complexity index is 37.2. The van der Waals surface area contributed by atoms with E-state index < -0.39 is 6.36 Å². The Balaban J connectivity index is -0.000000125. The molecule has 0 aromatic heterocycles. The zero-order valence-electron chi connectivity index (χ0n) is 5.82. The number of halogens is 1. The minimum absolute atomic E-state index is 0. The van der Waals surface area contributed by atoms with Crippen molar-refractivity contribution in [3.05, 3.63) is 0 Å². The van der Waals surface area contributed by atoms with Crippen LogP contribution in [0.25, 0.3) is 0 Å². The molecule has 0 radical (unpaired) electrons. The van der Waals surface area contributed by atoms with E-state index in [-0.39, 0.29) is 37.4 Å². The van der Waals surface area contributed by atoms with E-state index >= 15 is 0 Å². The molecule has 0 aliphatic heterocycles. The number of aliphatic hydroxyl groups is 1. The Morgan fingerprint density at radius 2 is 2.29 bits per heavy atom. The Morgan fingerprint density at radius 3 is 2.29 bits per heavy atom. The Labute approximate surface area is 66.7 Å². The molecule has 0 aliphatic carbocycles. The van der Waals surface area contributed by atoms with Crippen LogP contribution in [0.5, 0.6) is 0 Å². The summed E-state index contributed by atoms with van der Waals surface area (Å²) in [6.07, 6.45) is -0.632. The maximum atomic E-state index is 11.3. The molecule has 0 saturated heterocycles. The standard InChI is InChI=1S/C4H9FO.Na.H/c1-2-3-4(5)6;;/h4,6H,2-3H2,1H3;;/q;+1;-1. The molecule has 0 aromatic carbocycles. The van der Waals surface area contributed by atoms with Gasteiger partial charge in [0, 0.05) is 6.42 Å². The molecule has 7 heavy (non-hydrogen) atoms. The van der Waals surface area contributed by atoms with Gasteiger partial charge in [-0.2, -0.15) is 0 Å². The van der Waals surface area contributed by atoms with Crippen molar-refractivity contribution in [2.24, 2.45) is 0 Å². The van der Waals surface area contributed by atoms with Crippen LogP contribution < -0.4 is 29.6 Å². The first-order valence-electron chi connectivity index (χ1n) is 2.09. The van der Waals surface area contributed by atoms with Crippen molar-refractivity contribution >= 4 is 0 Å². The summed E-state index contributed by atoms with van der Waals surface area (Å²) < 4.78 is 11.3. The molecule has 0 aromatic rings. The number of rotatable bonds is 2. The average molecular weight is 116 g/mol. The van der Waals surface area contributed by atoms with Crippen LogP contribution in [0, 0.1) is 0 Å². The molecule has 0 fully saturated rings. The first kappa shape index (κ1) is 10.8.